The number of carbonyl (C=O) groups excluding carboxylic acids is 2. The van der Waals surface area contributed by atoms with Crippen molar-refractivity contribution in [3.8, 4) is 0 Å². The molecule has 0 spiro atoms. The quantitative estimate of drug-likeness (QED) is 0.423. The first-order valence-electron chi connectivity index (χ1n) is 8.97. The normalized spacial score (nSPS) is 11.4. The van der Waals surface area contributed by atoms with E-state index in [-0.39, 0.29) is 11.4 Å². The number of non-ortho nitro benzene ring substituents is 1. The number of hydrogen-bond donors (Lipinski definition) is 1. The summed E-state index contributed by atoms with van der Waals surface area (Å²) < 4.78 is 5.20. The van der Waals surface area contributed by atoms with E-state index in [9.17, 15) is 19.7 Å². The standard InChI is InChI=1S/C20H23N3O5/c1-4-22(5-2)17-11-9-15(10-12-17)20(25)28-14(3)19(24)21-16-7-6-8-18(13-16)23(26)27/h6-14H,4-5H2,1-3H3,(H,21,24)/t14-/m0/s1. The average molecular weight is 385 g/mol. The van der Waals surface area contributed by atoms with Crippen molar-refractivity contribution in [2.24, 2.45) is 0 Å². The molecular weight excluding hydrogens is 362 g/mol. The molecule has 28 heavy (non-hydrogen) atoms. The van der Waals surface area contributed by atoms with Gasteiger partial charge >= 0.3 is 5.97 Å². The molecule has 0 aliphatic rings. The Bertz CT molecular complexity index is 847. The fraction of sp³-hybridized carbons (Fsp3) is 0.300. The number of hydrogen-bond acceptors (Lipinski definition) is 6. The molecule has 2 aromatic rings. The number of benzene rings is 2. The van der Waals surface area contributed by atoms with Crippen LogP contribution in [0.4, 0.5) is 17.1 Å². The Morgan fingerprint density at radius 2 is 1.79 bits per heavy atom. The summed E-state index contributed by atoms with van der Waals surface area (Å²) in [6.45, 7) is 7.25. The summed E-state index contributed by atoms with van der Waals surface area (Å²) >= 11 is 0. The maximum Gasteiger partial charge on any atom is 0.338 e. The molecule has 2 rings (SSSR count). The van der Waals surface area contributed by atoms with E-state index in [0.29, 0.717) is 5.56 Å². The Morgan fingerprint density at radius 1 is 1.14 bits per heavy atom. The minimum atomic E-state index is -1.06. The van der Waals surface area contributed by atoms with Crippen LogP contribution < -0.4 is 10.2 Å². The molecule has 0 saturated heterocycles. The van der Waals surface area contributed by atoms with Gasteiger partial charge in [0.1, 0.15) is 0 Å². The van der Waals surface area contributed by atoms with Crippen molar-refractivity contribution in [3.63, 3.8) is 0 Å². The second-order valence-corrected chi connectivity index (χ2v) is 6.06. The largest absolute Gasteiger partial charge is 0.449 e. The third kappa shape index (κ3) is 5.29. The van der Waals surface area contributed by atoms with Crippen molar-refractivity contribution in [1.82, 2.24) is 0 Å². The molecule has 0 bridgehead atoms. The molecular formula is C20H23N3O5. The maximum atomic E-state index is 12.3. The lowest BCUT2D eigenvalue weighted by atomic mass is 10.2. The van der Waals surface area contributed by atoms with Gasteiger partial charge in [0.2, 0.25) is 0 Å². The van der Waals surface area contributed by atoms with Gasteiger partial charge in [-0.3, -0.25) is 14.9 Å². The van der Waals surface area contributed by atoms with Crippen LogP contribution in [0.1, 0.15) is 31.1 Å². The molecule has 2 aromatic carbocycles. The average Bonchev–Trinajstić information content (AvgIpc) is 2.69. The van der Waals surface area contributed by atoms with Gasteiger partial charge in [-0.15, -0.1) is 0 Å². The monoisotopic (exact) mass is 385 g/mol. The lowest BCUT2D eigenvalue weighted by Crippen LogP contribution is -2.30. The molecule has 8 nitrogen and oxygen atoms in total. The number of amides is 1. The minimum absolute atomic E-state index is 0.143. The van der Waals surface area contributed by atoms with Crippen molar-refractivity contribution in [2.75, 3.05) is 23.3 Å². The molecule has 1 N–H and O–H groups in total. The summed E-state index contributed by atoms with van der Waals surface area (Å²) in [5.74, 6) is -1.19. The molecule has 8 heteroatoms. The van der Waals surface area contributed by atoms with Crippen LogP contribution in [-0.2, 0) is 9.53 Å². The van der Waals surface area contributed by atoms with Crippen molar-refractivity contribution in [2.45, 2.75) is 26.9 Å². The molecule has 1 amide bonds. The van der Waals surface area contributed by atoms with Crippen LogP contribution in [0.25, 0.3) is 0 Å². The second kappa shape index (κ2) is 9.50. The SMILES string of the molecule is CCN(CC)c1ccc(C(=O)O[C@@H](C)C(=O)Nc2cccc([N+](=O)[O-])c2)cc1. The zero-order valence-corrected chi connectivity index (χ0v) is 16.0. The number of rotatable bonds is 8. The molecule has 1 atom stereocenters. The van der Waals surface area contributed by atoms with Gasteiger partial charge in [0.15, 0.2) is 6.10 Å². The number of nitro benzene ring substituents is 1. The number of nitro groups is 1. The molecule has 148 valence electrons. The smallest absolute Gasteiger partial charge is 0.338 e. The molecule has 0 fully saturated rings. The van der Waals surface area contributed by atoms with E-state index in [1.807, 2.05) is 26.0 Å². The molecule has 0 unspecified atom stereocenters. The lowest BCUT2D eigenvalue weighted by molar-refractivity contribution is -0.384. The Balaban J connectivity index is 1.98. The topological polar surface area (TPSA) is 102 Å². The number of anilines is 2. The lowest BCUT2D eigenvalue weighted by Gasteiger charge is -2.21. The summed E-state index contributed by atoms with van der Waals surface area (Å²) in [5, 5.41) is 13.3. The van der Waals surface area contributed by atoms with Crippen LogP contribution >= 0.6 is 0 Å². The van der Waals surface area contributed by atoms with E-state index >= 15 is 0 Å². The van der Waals surface area contributed by atoms with Crippen molar-refractivity contribution in [3.05, 3.63) is 64.2 Å². The Labute approximate surface area is 163 Å². The van der Waals surface area contributed by atoms with Gasteiger partial charge in [-0.05, 0) is 51.1 Å². The van der Waals surface area contributed by atoms with Crippen LogP contribution in [-0.4, -0.2) is 36.0 Å². The first-order valence-corrected chi connectivity index (χ1v) is 8.97. The molecule has 0 aromatic heterocycles. The van der Waals surface area contributed by atoms with Gasteiger partial charge in [0.25, 0.3) is 11.6 Å². The minimum Gasteiger partial charge on any atom is -0.449 e. The van der Waals surface area contributed by atoms with Crippen LogP contribution in [0, 0.1) is 10.1 Å². The fourth-order valence-corrected chi connectivity index (χ4v) is 2.62. The molecule has 0 saturated carbocycles. The van der Waals surface area contributed by atoms with Crippen molar-refractivity contribution < 1.29 is 19.2 Å². The van der Waals surface area contributed by atoms with Gasteiger partial charge in [-0.25, -0.2) is 4.79 Å². The van der Waals surface area contributed by atoms with Gasteiger partial charge in [0, 0.05) is 36.6 Å². The van der Waals surface area contributed by atoms with Crippen molar-refractivity contribution in [1.29, 1.82) is 0 Å². The first-order chi connectivity index (χ1) is 13.3. The van der Waals surface area contributed by atoms with Crippen LogP contribution in [0.15, 0.2) is 48.5 Å². The molecule has 0 aliphatic heterocycles. The van der Waals surface area contributed by atoms with Crippen LogP contribution in [0.5, 0.6) is 0 Å². The molecule has 0 radical (unpaired) electrons. The summed E-state index contributed by atoms with van der Waals surface area (Å²) in [4.78, 5) is 36.9. The van der Waals surface area contributed by atoms with Gasteiger partial charge in [0.05, 0.1) is 10.5 Å². The van der Waals surface area contributed by atoms with Crippen LogP contribution in [0.2, 0.25) is 0 Å². The number of esters is 1. The summed E-state index contributed by atoms with van der Waals surface area (Å²) in [5.41, 5.74) is 1.45. The highest BCUT2D eigenvalue weighted by atomic mass is 16.6. The van der Waals surface area contributed by atoms with Gasteiger partial charge in [-0.1, -0.05) is 6.07 Å². The zero-order valence-electron chi connectivity index (χ0n) is 16.0. The maximum absolute atomic E-state index is 12.3. The van der Waals surface area contributed by atoms with E-state index in [1.165, 1.54) is 31.2 Å². The fourth-order valence-electron chi connectivity index (χ4n) is 2.62. The first kappa shape index (κ1) is 20.9. The highest BCUT2D eigenvalue weighted by Crippen LogP contribution is 2.18. The summed E-state index contributed by atoms with van der Waals surface area (Å²) in [6.07, 6.45) is -1.06. The predicted molar refractivity (Wildman–Crippen MR) is 107 cm³/mol. The number of carbonyl (C=O) groups is 2. The molecule has 0 aliphatic carbocycles. The van der Waals surface area contributed by atoms with Gasteiger partial charge in [-0.2, -0.15) is 0 Å². The summed E-state index contributed by atoms with van der Waals surface area (Å²) in [6, 6.07) is 12.5. The summed E-state index contributed by atoms with van der Waals surface area (Å²) in [7, 11) is 0. The Kier molecular flexibility index (Phi) is 7.08. The number of nitrogens with one attached hydrogen (secondary N) is 1. The third-order valence-corrected chi connectivity index (χ3v) is 4.21. The predicted octanol–water partition coefficient (Wildman–Crippen LogP) is 3.63. The zero-order chi connectivity index (χ0) is 20.7. The highest BCUT2D eigenvalue weighted by Gasteiger charge is 2.20. The van der Waals surface area contributed by atoms with E-state index in [0.717, 1.165) is 18.8 Å². The Morgan fingerprint density at radius 3 is 2.36 bits per heavy atom. The van der Waals surface area contributed by atoms with Crippen molar-refractivity contribution >= 4 is 28.9 Å². The van der Waals surface area contributed by atoms with E-state index < -0.39 is 22.9 Å². The number of nitrogens with zero attached hydrogens (tertiary/aromatic N) is 2. The van der Waals surface area contributed by atoms with E-state index in [1.54, 1.807) is 12.1 Å². The highest BCUT2D eigenvalue weighted by molar-refractivity contribution is 5.97. The van der Waals surface area contributed by atoms with E-state index in [4.69, 9.17) is 4.74 Å². The van der Waals surface area contributed by atoms with Crippen LogP contribution in [0.3, 0.4) is 0 Å². The number of ether oxygens (including phenoxy) is 1. The molecule has 0 heterocycles. The third-order valence-electron chi connectivity index (χ3n) is 4.21. The van der Waals surface area contributed by atoms with Gasteiger partial charge < -0.3 is 15.0 Å². The second-order valence-electron chi connectivity index (χ2n) is 6.06. The Hall–Kier alpha value is -3.42. The van der Waals surface area contributed by atoms with E-state index in [2.05, 4.69) is 10.2 Å².